The molecule has 0 amide bonds. The number of guanidine groups is 1. The fraction of sp³-hybridized carbons (Fsp3) is 0.480. The zero-order chi connectivity index (χ0) is 20.7. The van der Waals surface area contributed by atoms with Gasteiger partial charge in [0.25, 0.3) is 0 Å². The van der Waals surface area contributed by atoms with Crippen LogP contribution in [0.5, 0.6) is 0 Å². The van der Waals surface area contributed by atoms with Crippen LogP contribution in [0.4, 0.5) is 0 Å². The van der Waals surface area contributed by atoms with Crippen LogP contribution in [0, 0.1) is 0 Å². The minimum absolute atomic E-state index is 0. The second-order valence-electron chi connectivity index (χ2n) is 8.48. The maximum Gasteiger partial charge on any atom is 0.191 e. The average Bonchev–Trinajstić information content (AvgIpc) is 2.77. The Balaban J connectivity index is 0.00000272. The Labute approximate surface area is 203 Å². The van der Waals surface area contributed by atoms with Crippen molar-refractivity contribution in [3.05, 3.63) is 71.3 Å². The van der Waals surface area contributed by atoms with Crippen molar-refractivity contribution in [1.29, 1.82) is 0 Å². The van der Waals surface area contributed by atoms with E-state index in [-0.39, 0.29) is 29.4 Å². The topological polar surface area (TPSA) is 48.9 Å². The predicted molar refractivity (Wildman–Crippen MR) is 138 cm³/mol. The lowest BCUT2D eigenvalue weighted by molar-refractivity contribution is 0.0342. The van der Waals surface area contributed by atoms with E-state index in [0.29, 0.717) is 0 Å². The Morgan fingerprint density at radius 3 is 2.26 bits per heavy atom. The molecule has 0 bridgehead atoms. The minimum atomic E-state index is 0. The van der Waals surface area contributed by atoms with Crippen LogP contribution in [0.25, 0.3) is 0 Å². The molecule has 1 heterocycles. The third kappa shape index (κ3) is 6.43. The smallest absolute Gasteiger partial charge is 0.191 e. The first kappa shape index (κ1) is 24.0. The molecule has 1 saturated carbocycles. The number of ether oxygens (including phenoxy) is 1. The first-order valence-electron chi connectivity index (χ1n) is 11.2. The van der Waals surface area contributed by atoms with Gasteiger partial charge >= 0.3 is 0 Å². The van der Waals surface area contributed by atoms with Gasteiger partial charge in [-0.2, -0.15) is 0 Å². The van der Waals surface area contributed by atoms with E-state index in [1.54, 1.807) is 0 Å². The van der Waals surface area contributed by atoms with Crippen LogP contribution in [0.1, 0.15) is 36.0 Å². The monoisotopic (exact) mass is 534 g/mol. The van der Waals surface area contributed by atoms with Crippen molar-refractivity contribution < 1.29 is 4.74 Å². The SMILES string of the molecule is CN=C(NCc1ccc(CN2CCOCC2)cc1)NCC1(c2ccccc2)CCC1.I. The van der Waals surface area contributed by atoms with Gasteiger partial charge < -0.3 is 15.4 Å². The number of morpholine rings is 1. The summed E-state index contributed by atoms with van der Waals surface area (Å²) in [6.45, 7) is 6.44. The lowest BCUT2D eigenvalue weighted by Gasteiger charge is -2.43. The third-order valence-electron chi connectivity index (χ3n) is 6.51. The maximum absolute atomic E-state index is 5.43. The molecule has 1 saturated heterocycles. The summed E-state index contributed by atoms with van der Waals surface area (Å²) in [5.74, 6) is 0.870. The fourth-order valence-electron chi connectivity index (χ4n) is 4.40. The molecule has 2 aliphatic rings. The van der Waals surface area contributed by atoms with E-state index in [1.165, 1.54) is 36.0 Å². The van der Waals surface area contributed by atoms with Gasteiger partial charge in [-0.3, -0.25) is 9.89 Å². The molecule has 4 rings (SSSR count). The van der Waals surface area contributed by atoms with Crippen LogP contribution in [-0.4, -0.2) is 50.8 Å². The predicted octanol–water partition coefficient (Wildman–Crippen LogP) is 3.92. The molecule has 1 aliphatic heterocycles. The molecule has 2 fully saturated rings. The molecule has 168 valence electrons. The van der Waals surface area contributed by atoms with Crippen molar-refractivity contribution in [1.82, 2.24) is 15.5 Å². The second-order valence-corrected chi connectivity index (χ2v) is 8.48. The number of nitrogens with one attached hydrogen (secondary N) is 2. The van der Waals surface area contributed by atoms with Gasteiger partial charge in [0.05, 0.1) is 13.2 Å². The Hall–Kier alpha value is -1.64. The molecule has 0 spiro atoms. The number of hydrogen-bond donors (Lipinski definition) is 2. The summed E-state index contributed by atoms with van der Waals surface area (Å²) in [7, 11) is 1.84. The Bertz CT molecular complexity index is 815. The van der Waals surface area contributed by atoms with Gasteiger partial charge in [-0.15, -0.1) is 24.0 Å². The summed E-state index contributed by atoms with van der Waals surface area (Å²) in [5, 5.41) is 7.04. The zero-order valence-electron chi connectivity index (χ0n) is 18.5. The fourth-order valence-corrected chi connectivity index (χ4v) is 4.40. The van der Waals surface area contributed by atoms with E-state index in [2.05, 4.69) is 75.1 Å². The first-order valence-corrected chi connectivity index (χ1v) is 11.2. The molecule has 0 atom stereocenters. The highest BCUT2D eigenvalue weighted by Gasteiger charge is 2.38. The molecule has 2 aromatic carbocycles. The number of benzene rings is 2. The van der Waals surface area contributed by atoms with Gasteiger partial charge in [0.1, 0.15) is 0 Å². The van der Waals surface area contributed by atoms with E-state index in [0.717, 1.165) is 51.9 Å². The Morgan fingerprint density at radius 2 is 1.65 bits per heavy atom. The minimum Gasteiger partial charge on any atom is -0.379 e. The molecular formula is C25H35IN4O. The van der Waals surface area contributed by atoms with Crippen LogP contribution >= 0.6 is 24.0 Å². The van der Waals surface area contributed by atoms with Crippen molar-refractivity contribution in [2.75, 3.05) is 39.9 Å². The molecule has 6 heteroatoms. The van der Waals surface area contributed by atoms with E-state index in [4.69, 9.17) is 4.74 Å². The van der Waals surface area contributed by atoms with Crippen LogP contribution in [-0.2, 0) is 23.2 Å². The number of aliphatic imine (C=N–C) groups is 1. The Morgan fingerprint density at radius 1 is 0.968 bits per heavy atom. The van der Waals surface area contributed by atoms with Crippen molar-refractivity contribution >= 4 is 29.9 Å². The largest absolute Gasteiger partial charge is 0.379 e. The summed E-state index contributed by atoms with van der Waals surface area (Å²) in [5.41, 5.74) is 4.32. The number of halogens is 1. The van der Waals surface area contributed by atoms with Gasteiger partial charge in [0.15, 0.2) is 5.96 Å². The first-order chi connectivity index (χ1) is 14.8. The lowest BCUT2D eigenvalue weighted by Crippen LogP contribution is -2.48. The molecule has 0 radical (unpaired) electrons. The van der Waals surface area contributed by atoms with Gasteiger partial charge in [0, 0.05) is 45.2 Å². The molecule has 2 aromatic rings. The molecule has 5 nitrogen and oxygen atoms in total. The van der Waals surface area contributed by atoms with Crippen molar-refractivity contribution in [2.45, 2.75) is 37.8 Å². The van der Waals surface area contributed by atoms with Crippen molar-refractivity contribution in [3.8, 4) is 0 Å². The highest BCUT2D eigenvalue weighted by molar-refractivity contribution is 14.0. The van der Waals surface area contributed by atoms with Gasteiger partial charge in [-0.25, -0.2) is 0 Å². The van der Waals surface area contributed by atoms with E-state index in [1.807, 2.05) is 7.05 Å². The van der Waals surface area contributed by atoms with Crippen molar-refractivity contribution in [3.63, 3.8) is 0 Å². The van der Waals surface area contributed by atoms with Crippen LogP contribution < -0.4 is 10.6 Å². The number of nitrogens with zero attached hydrogens (tertiary/aromatic N) is 2. The average molecular weight is 534 g/mol. The third-order valence-corrected chi connectivity index (χ3v) is 6.51. The molecular weight excluding hydrogens is 499 g/mol. The van der Waals surface area contributed by atoms with Gasteiger partial charge in [0.2, 0.25) is 0 Å². The lowest BCUT2D eigenvalue weighted by atomic mass is 9.64. The van der Waals surface area contributed by atoms with Crippen LogP contribution in [0.3, 0.4) is 0 Å². The van der Waals surface area contributed by atoms with E-state index < -0.39 is 0 Å². The van der Waals surface area contributed by atoms with E-state index >= 15 is 0 Å². The highest BCUT2D eigenvalue weighted by atomic mass is 127. The quantitative estimate of drug-likeness (QED) is 0.321. The summed E-state index contributed by atoms with van der Waals surface area (Å²) < 4.78 is 5.43. The highest BCUT2D eigenvalue weighted by Crippen LogP contribution is 2.43. The molecule has 1 aliphatic carbocycles. The van der Waals surface area contributed by atoms with Crippen LogP contribution in [0.15, 0.2) is 59.6 Å². The molecule has 31 heavy (non-hydrogen) atoms. The van der Waals surface area contributed by atoms with Crippen LogP contribution in [0.2, 0.25) is 0 Å². The number of rotatable bonds is 7. The molecule has 2 N–H and O–H groups in total. The number of hydrogen-bond acceptors (Lipinski definition) is 3. The summed E-state index contributed by atoms with van der Waals surface area (Å²) >= 11 is 0. The Kier molecular flexibility index (Phi) is 9.16. The molecule has 0 aromatic heterocycles. The second kappa shape index (κ2) is 11.8. The summed E-state index contributed by atoms with van der Waals surface area (Å²) in [4.78, 5) is 6.88. The van der Waals surface area contributed by atoms with E-state index in [9.17, 15) is 0 Å². The standard InChI is InChI=1S/C25H34N4O.HI/c1-26-24(28-20-25(12-5-13-25)23-6-3-2-4-7-23)27-18-21-8-10-22(11-9-21)19-29-14-16-30-17-15-29;/h2-4,6-11H,5,12-20H2,1H3,(H2,26,27,28);1H. The van der Waals surface area contributed by atoms with Gasteiger partial charge in [-0.05, 0) is 29.5 Å². The van der Waals surface area contributed by atoms with Crippen molar-refractivity contribution in [2.24, 2.45) is 4.99 Å². The maximum atomic E-state index is 5.43. The summed E-state index contributed by atoms with van der Waals surface area (Å²) in [6.07, 6.45) is 3.79. The normalized spacial score (nSPS) is 18.5. The van der Waals surface area contributed by atoms with Gasteiger partial charge in [-0.1, -0.05) is 61.0 Å². The zero-order valence-corrected chi connectivity index (χ0v) is 20.8. The summed E-state index contributed by atoms with van der Waals surface area (Å²) in [6, 6.07) is 19.8. The molecule has 0 unspecified atom stereocenters.